The molecule has 0 bridgehead atoms. The van der Waals surface area contributed by atoms with E-state index in [2.05, 4.69) is 33.2 Å². The van der Waals surface area contributed by atoms with Gasteiger partial charge < -0.3 is 26.8 Å². The Morgan fingerprint density at radius 2 is 2.00 bits per heavy atom. The van der Waals surface area contributed by atoms with E-state index in [1.54, 1.807) is 24.3 Å². The topological polar surface area (TPSA) is 143 Å². The van der Waals surface area contributed by atoms with Gasteiger partial charge in [0.05, 0.1) is 16.3 Å². The maximum atomic E-state index is 11.5. The number of primary amides is 1. The third kappa shape index (κ3) is 4.71. The van der Waals surface area contributed by atoms with Gasteiger partial charge in [0.1, 0.15) is 22.8 Å². The highest BCUT2D eigenvalue weighted by Crippen LogP contribution is 2.38. The number of hydrogen-bond acceptors (Lipinski definition) is 9. The average molecular weight is 506 g/mol. The fraction of sp³-hybridized carbons (Fsp3) is 0.385. The number of nitrogens with zero attached hydrogens (tertiary/aromatic N) is 4. The lowest BCUT2D eigenvalue weighted by Gasteiger charge is -2.37. The molecule has 10 heteroatoms. The van der Waals surface area contributed by atoms with Crippen LogP contribution in [0.3, 0.4) is 0 Å². The van der Waals surface area contributed by atoms with E-state index in [-0.39, 0.29) is 6.04 Å². The second-order valence-electron chi connectivity index (χ2n) is 9.24. The van der Waals surface area contributed by atoms with Crippen LogP contribution in [0.1, 0.15) is 53.8 Å². The van der Waals surface area contributed by atoms with Crippen molar-refractivity contribution in [2.24, 2.45) is 5.73 Å². The molecule has 1 fully saturated rings. The van der Waals surface area contributed by atoms with Crippen LogP contribution in [0.4, 0.5) is 11.6 Å². The number of nitrogen functional groups attached to an aromatic ring is 1. The predicted molar refractivity (Wildman–Crippen MR) is 144 cm³/mol. The molecule has 1 atom stereocenters. The van der Waals surface area contributed by atoms with Gasteiger partial charge in [-0.3, -0.25) is 4.79 Å². The zero-order valence-corrected chi connectivity index (χ0v) is 21.1. The average Bonchev–Trinajstić information content (AvgIpc) is 3.28. The van der Waals surface area contributed by atoms with Gasteiger partial charge in [0.25, 0.3) is 0 Å². The Kier molecular flexibility index (Phi) is 6.99. The molecular formula is C26H31N7O2S. The molecule has 0 spiro atoms. The number of fused-ring (bicyclic) bond motifs is 3. The number of amides is 1. The molecule has 36 heavy (non-hydrogen) atoms. The van der Waals surface area contributed by atoms with E-state index in [0.29, 0.717) is 17.9 Å². The number of carbonyl (C=O) groups is 1. The second-order valence-corrected chi connectivity index (χ2v) is 10.2. The highest BCUT2D eigenvalue weighted by Gasteiger charge is 2.27. The molecule has 9 nitrogen and oxygen atoms in total. The smallest absolute Gasteiger partial charge is 0.248 e. The van der Waals surface area contributed by atoms with Gasteiger partial charge in [-0.2, -0.15) is 0 Å². The van der Waals surface area contributed by atoms with Crippen molar-refractivity contribution in [1.29, 1.82) is 0 Å². The molecule has 1 aromatic carbocycles. The van der Waals surface area contributed by atoms with Crippen LogP contribution in [0.5, 0.6) is 0 Å². The predicted octanol–water partition coefficient (Wildman–Crippen LogP) is 3.17. The van der Waals surface area contributed by atoms with E-state index < -0.39 is 12.0 Å². The minimum Gasteiger partial charge on any atom is -0.387 e. The summed E-state index contributed by atoms with van der Waals surface area (Å²) >= 11 is 1.52. The van der Waals surface area contributed by atoms with Gasteiger partial charge in [0, 0.05) is 23.5 Å². The minimum atomic E-state index is -0.752. The number of anilines is 2. The van der Waals surface area contributed by atoms with Gasteiger partial charge in [-0.05, 0) is 61.7 Å². The molecular weight excluding hydrogens is 474 g/mol. The van der Waals surface area contributed by atoms with Crippen molar-refractivity contribution in [2.45, 2.75) is 44.8 Å². The standard InChI is InChI=1S/C26H31N7O2S/c1-2-3-17-12-20(32-26-21(17)22-23(36-26)24(27)31-14-30-22)33(18-8-10-29-11-9-18)13-19(34)15-4-6-16(7-5-15)25(28)35/h4-7,12,14,18-19,29,34H,2-3,8-11,13H2,1H3,(H2,28,35)(H2,27,30,31). The number of aliphatic hydroxyl groups is 1. The first-order valence-electron chi connectivity index (χ1n) is 12.3. The quantitative estimate of drug-likeness (QED) is 0.286. The van der Waals surface area contributed by atoms with E-state index in [1.807, 2.05) is 0 Å². The number of aryl methyl sites for hydroxylation is 1. The Hall–Kier alpha value is -3.34. The molecule has 1 aliphatic rings. The maximum absolute atomic E-state index is 11.5. The number of benzene rings is 1. The van der Waals surface area contributed by atoms with Gasteiger partial charge in [0.15, 0.2) is 0 Å². The van der Waals surface area contributed by atoms with Crippen molar-refractivity contribution in [3.05, 3.63) is 53.3 Å². The van der Waals surface area contributed by atoms with E-state index in [1.165, 1.54) is 23.2 Å². The molecule has 0 aliphatic carbocycles. The highest BCUT2D eigenvalue weighted by atomic mass is 32.1. The number of carbonyl (C=O) groups excluding carboxylic acids is 1. The van der Waals surface area contributed by atoms with Crippen LogP contribution in [0.25, 0.3) is 20.4 Å². The molecule has 188 valence electrons. The van der Waals surface area contributed by atoms with Gasteiger partial charge in [-0.15, -0.1) is 11.3 Å². The van der Waals surface area contributed by atoms with Crippen molar-refractivity contribution in [1.82, 2.24) is 20.3 Å². The van der Waals surface area contributed by atoms with Crippen LogP contribution >= 0.6 is 11.3 Å². The summed E-state index contributed by atoms with van der Waals surface area (Å²) < 4.78 is 0.859. The number of rotatable bonds is 8. The van der Waals surface area contributed by atoms with Crippen molar-refractivity contribution >= 4 is 49.3 Å². The Morgan fingerprint density at radius 1 is 1.25 bits per heavy atom. The zero-order valence-electron chi connectivity index (χ0n) is 20.3. The molecule has 1 saturated heterocycles. The number of piperidine rings is 1. The second kappa shape index (κ2) is 10.3. The van der Waals surface area contributed by atoms with Crippen LogP contribution in [-0.2, 0) is 6.42 Å². The molecule has 1 amide bonds. The van der Waals surface area contributed by atoms with Gasteiger partial charge in [0.2, 0.25) is 5.91 Å². The van der Waals surface area contributed by atoms with Crippen molar-refractivity contribution in [2.75, 3.05) is 30.3 Å². The fourth-order valence-electron chi connectivity index (χ4n) is 4.97. The van der Waals surface area contributed by atoms with Gasteiger partial charge in [-0.25, -0.2) is 15.0 Å². The summed E-state index contributed by atoms with van der Waals surface area (Å²) in [5, 5.41) is 15.7. The summed E-state index contributed by atoms with van der Waals surface area (Å²) in [4.78, 5) is 28.4. The molecule has 1 aliphatic heterocycles. The first-order chi connectivity index (χ1) is 17.5. The zero-order chi connectivity index (χ0) is 25.2. The normalized spacial score (nSPS) is 15.4. The lowest BCUT2D eigenvalue weighted by Crippen LogP contribution is -2.45. The molecule has 0 radical (unpaired) electrons. The lowest BCUT2D eigenvalue weighted by atomic mass is 10.0. The molecule has 3 aromatic heterocycles. The summed E-state index contributed by atoms with van der Waals surface area (Å²) in [7, 11) is 0. The summed E-state index contributed by atoms with van der Waals surface area (Å²) in [5.74, 6) is 0.836. The lowest BCUT2D eigenvalue weighted by molar-refractivity contribution is 0.1000. The Balaban J connectivity index is 1.57. The summed E-state index contributed by atoms with van der Waals surface area (Å²) in [6.07, 6.45) is 4.55. The monoisotopic (exact) mass is 505 g/mol. The largest absolute Gasteiger partial charge is 0.387 e. The Labute approximate surface area is 213 Å². The summed E-state index contributed by atoms with van der Waals surface area (Å²) in [6, 6.07) is 9.23. The van der Waals surface area contributed by atoms with Crippen LogP contribution in [0.2, 0.25) is 0 Å². The SMILES string of the molecule is CCCc1cc(N(CC(O)c2ccc(C(N)=O)cc2)C2CCNCC2)nc2sc3c(N)ncnc3c12. The van der Waals surface area contributed by atoms with Crippen LogP contribution in [-0.4, -0.2) is 51.6 Å². The third-order valence-electron chi connectivity index (χ3n) is 6.83. The number of thiophene rings is 1. The third-order valence-corrected chi connectivity index (χ3v) is 7.93. The molecule has 1 unspecified atom stereocenters. The van der Waals surface area contributed by atoms with Gasteiger partial charge >= 0.3 is 0 Å². The number of aliphatic hydroxyl groups excluding tert-OH is 1. The fourth-order valence-corrected chi connectivity index (χ4v) is 6.04. The first-order valence-corrected chi connectivity index (χ1v) is 13.2. The minimum absolute atomic E-state index is 0.240. The Morgan fingerprint density at radius 3 is 2.69 bits per heavy atom. The number of nitrogens with two attached hydrogens (primary N) is 2. The highest BCUT2D eigenvalue weighted by molar-refractivity contribution is 7.26. The van der Waals surface area contributed by atoms with E-state index in [4.69, 9.17) is 16.5 Å². The van der Waals surface area contributed by atoms with E-state index in [0.717, 1.165) is 70.6 Å². The Bertz CT molecular complexity index is 1380. The van der Waals surface area contributed by atoms with Crippen molar-refractivity contribution < 1.29 is 9.90 Å². The van der Waals surface area contributed by atoms with E-state index in [9.17, 15) is 9.90 Å². The number of nitrogens with one attached hydrogen (secondary N) is 1. The maximum Gasteiger partial charge on any atom is 0.248 e. The molecule has 4 heterocycles. The molecule has 4 aromatic rings. The number of pyridine rings is 1. The molecule has 5 rings (SSSR count). The molecule has 6 N–H and O–H groups in total. The van der Waals surface area contributed by atoms with Crippen LogP contribution in [0, 0.1) is 0 Å². The number of aromatic nitrogens is 3. The van der Waals surface area contributed by atoms with Crippen molar-refractivity contribution in [3.63, 3.8) is 0 Å². The van der Waals surface area contributed by atoms with E-state index >= 15 is 0 Å². The summed E-state index contributed by atoms with van der Waals surface area (Å²) in [6.45, 7) is 4.39. The summed E-state index contributed by atoms with van der Waals surface area (Å²) in [5.41, 5.74) is 14.7. The van der Waals surface area contributed by atoms with Crippen molar-refractivity contribution in [3.8, 4) is 0 Å². The van der Waals surface area contributed by atoms with Crippen LogP contribution < -0.4 is 21.7 Å². The molecule has 0 saturated carbocycles. The van der Waals surface area contributed by atoms with Gasteiger partial charge in [-0.1, -0.05) is 25.5 Å². The van der Waals surface area contributed by atoms with Crippen LogP contribution in [0.15, 0.2) is 36.7 Å². The number of hydrogen-bond donors (Lipinski definition) is 4. The first kappa shape index (κ1) is 24.4.